The molecular formula is C70H70BN2O. The summed E-state index contributed by atoms with van der Waals surface area (Å²) in [6, 6.07) is 49.6. The highest BCUT2D eigenvalue weighted by Crippen LogP contribution is 2.53. The zero-order valence-corrected chi connectivity index (χ0v) is 45.8. The number of fused-ring (bicyclic) bond motifs is 12. The van der Waals surface area contributed by atoms with Gasteiger partial charge in [0.05, 0.1) is 5.52 Å². The van der Waals surface area contributed by atoms with Crippen molar-refractivity contribution < 1.29 is 4.42 Å². The number of anilines is 2. The lowest BCUT2D eigenvalue weighted by atomic mass is 9.55. The lowest BCUT2D eigenvalue weighted by Crippen LogP contribution is -2.41. The number of para-hydroxylation sites is 1. The maximum atomic E-state index is 6.51. The van der Waals surface area contributed by atoms with Crippen LogP contribution < -0.4 is 16.2 Å². The largest absolute Gasteiger partial charge is 0.456 e. The van der Waals surface area contributed by atoms with Crippen molar-refractivity contribution in [1.29, 1.82) is 0 Å². The Morgan fingerprint density at radius 2 is 1.01 bits per heavy atom. The summed E-state index contributed by atoms with van der Waals surface area (Å²) in [5, 5.41) is 11.6. The summed E-state index contributed by atoms with van der Waals surface area (Å²) < 4.78 is 9.20. The van der Waals surface area contributed by atoms with Crippen molar-refractivity contribution >= 4 is 84.1 Å². The molecule has 4 aliphatic rings. The van der Waals surface area contributed by atoms with E-state index in [1.165, 1.54) is 136 Å². The molecule has 0 unspecified atom stereocenters. The number of nitrogens with one attached hydrogen (secondary N) is 1. The van der Waals surface area contributed by atoms with Gasteiger partial charge in [-0.05, 0) is 204 Å². The standard InChI is InChI=1S/C70H70BN2O/c1-65(2)25-26-66(3,4)51-34-43(22-23-50(51)65)72-57-38-54-52(67(5,6)27-29-69(54,9)10)36-46(57)48-35-45(42-21-24-61-47(32-42)44-19-15-16-20-60(44)74-61)62-49-31-40-17-13-14-18-41(40)33-58(49)73-59-39-55-53(37-56(59)71-63(48)64(62)73)68(7,8)28-30-70(55,11)12/h13-24,31-39,72H,25-30H2,1-12H3. The smallest absolute Gasteiger partial charge is 0.197 e. The summed E-state index contributed by atoms with van der Waals surface area (Å²) in [6.07, 6.45) is 7.00. The van der Waals surface area contributed by atoms with Crippen LogP contribution in [0.15, 0.2) is 132 Å². The van der Waals surface area contributed by atoms with Crippen molar-refractivity contribution in [3.63, 3.8) is 0 Å². The van der Waals surface area contributed by atoms with Crippen molar-refractivity contribution in [3.8, 4) is 27.9 Å². The summed E-state index contributed by atoms with van der Waals surface area (Å²) in [5.41, 5.74) is 24.7. The quantitative estimate of drug-likeness (QED) is 0.178. The maximum absolute atomic E-state index is 6.51. The molecule has 0 spiro atoms. The molecular weight excluding hydrogens is 896 g/mol. The van der Waals surface area contributed by atoms with Crippen molar-refractivity contribution in [3.05, 3.63) is 161 Å². The third kappa shape index (κ3) is 6.64. The predicted molar refractivity (Wildman–Crippen MR) is 317 cm³/mol. The van der Waals surface area contributed by atoms with Gasteiger partial charge < -0.3 is 14.3 Å². The maximum Gasteiger partial charge on any atom is 0.197 e. The molecule has 3 heterocycles. The highest BCUT2D eigenvalue weighted by atomic mass is 16.3. The molecule has 1 aliphatic heterocycles. The van der Waals surface area contributed by atoms with Gasteiger partial charge >= 0.3 is 0 Å². The summed E-state index contributed by atoms with van der Waals surface area (Å²) in [5.74, 6) is 0. The van der Waals surface area contributed by atoms with E-state index in [2.05, 4.69) is 228 Å². The van der Waals surface area contributed by atoms with Gasteiger partial charge in [-0.1, -0.05) is 149 Å². The average molecular weight is 966 g/mol. The molecule has 4 heteroatoms. The van der Waals surface area contributed by atoms with Crippen LogP contribution in [-0.4, -0.2) is 11.8 Å². The van der Waals surface area contributed by atoms with Gasteiger partial charge in [0.2, 0.25) is 0 Å². The molecule has 1 radical (unpaired) electrons. The van der Waals surface area contributed by atoms with E-state index in [9.17, 15) is 0 Å². The first kappa shape index (κ1) is 46.0. The van der Waals surface area contributed by atoms with Gasteiger partial charge in [0.25, 0.3) is 0 Å². The van der Waals surface area contributed by atoms with E-state index in [0.717, 1.165) is 40.5 Å². The van der Waals surface area contributed by atoms with E-state index in [1.807, 2.05) is 0 Å². The Labute approximate surface area is 439 Å². The molecule has 0 saturated heterocycles. The zero-order valence-electron chi connectivity index (χ0n) is 45.8. The Balaban J connectivity index is 1.13. The lowest BCUT2D eigenvalue weighted by Gasteiger charge is -2.43. The highest BCUT2D eigenvalue weighted by molar-refractivity contribution is 6.73. The number of nitrogens with zero attached hydrogens (tertiary/aromatic N) is 1. The summed E-state index contributed by atoms with van der Waals surface area (Å²) in [4.78, 5) is 0. The summed E-state index contributed by atoms with van der Waals surface area (Å²) >= 11 is 0. The number of hydrogen-bond acceptors (Lipinski definition) is 2. The fraction of sp³-hybridized carbons (Fsp3) is 0.343. The van der Waals surface area contributed by atoms with Gasteiger partial charge in [0.1, 0.15) is 11.2 Å². The second-order valence-electron chi connectivity index (χ2n) is 27.2. The first-order valence-electron chi connectivity index (χ1n) is 27.7. The minimum atomic E-state index is -0.000133. The Bertz CT molecular complexity index is 4090. The van der Waals surface area contributed by atoms with Gasteiger partial charge in [-0.25, -0.2) is 0 Å². The van der Waals surface area contributed by atoms with Crippen LogP contribution in [-0.2, 0) is 32.5 Å². The Morgan fingerprint density at radius 3 is 1.70 bits per heavy atom. The minimum absolute atomic E-state index is 0.000133. The molecule has 10 aromatic rings. The van der Waals surface area contributed by atoms with Gasteiger partial charge in [-0.2, -0.15) is 0 Å². The third-order valence-corrected chi connectivity index (χ3v) is 19.6. The first-order valence-corrected chi connectivity index (χ1v) is 27.7. The molecule has 0 amide bonds. The highest BCUT2D eigenvalue weighted by Gasteiger charge is 2.42. The van der Waals surface area contributed by atoms with E-state index in [1.54, 1.807) is 0 Å². The van der Waals surface area contributed by atoms with E-state index in [0.29, 0.717) is 0 Å². The number of aromatic nitrogens is 1. The summed E-state index contributed by atoms with van der Waals surface area (Å²) in [6.45, 7) is 29.5. The Morgan fingerprint density at radius 1 is 0.446 bits per heavy atom. The van der Waals surface area contributed by atoms with Crippen LogP contribution in [0.1, 0.15) is 155 Å². The van der Waals surface area contributed by atoms with Crippen molar-refractivity contribution in [2.24, 2.45) is 0 Å². The van der Waals surface area contributed by atoms with Gasteiger partial charge in [0.15, 0.2) is 7.28 Å². The Hall–Kier alpha value is -6.52. The normalized spacial score (nSPS) is 19.2. The molecule has 0 atom stereocenters. The first-order chi connectivity index (χ1) is 35.1. The molecule has 369 valence electrons. The second kappa shape index (κ2) is 15.1. The molecule has 0 fully saturated rings. The second-order valence-corrected chi connectivity index (χ2v) is 27.2. The number of benzene rings is 8. The van der Waals surface area contributed by atoms with Gasteiger partial charge in [-0.3, -0.25) is 0 Å². The number of hydrogen-bond donors (Lipinski definition) is 1. The lowest BCUT2D eigenvalue weighted by molar-refractivity contribution is 0.332. The molecule has 8 aromatic carbocycles. The van der Waals surface area contributed by atoms with E-state index < -0.39 is 0 Å². The van der Waals surface area contributed by atoms with Crippen LogP contribution in [0.25, 0.3) is 82.5 Å². The monoisotopic (exact) mass is 966 g/mol. The number of rotatable bonds is 4. The summed E-state index contributed by atoms with van der Waals surface area (Å²) in [7, 11) is 2.59. The molecule has 14 rings (SSSR count). The van der Waals surface area contributed by atoms with Crippen molar-refractivity contribution in [2.75, 3.05) is 5.32 Å². The van der Waals surface area contributed by atoms with Crippen LogP contribution in [0.5, 0.6) is 0 Å². The molecule has 3 aliphatic carbocycles. The molecule has 0 bridgehead atoms. The SMILES string of the molecule is CC1(C)CCC(C)(C)c2cc(Nc3cc4c(cc3-c3cc(-c5ccc6oc7ccccc7c6c5)c5c6cc7ccccc7cc6n6c5c3[B]c3cc5c(cc3-6)C(C)(C)CCC5(C)C)C(C)(C)CCC4(C)C)ccc21. The van der Waals surface area contributed by atoms with E-state index in [-0.39, 0.29) is 32.5 Å². The van der Waals surface area contributed by atoms with Crippen LogP contribution >= 0.6 is 0 Å². The molecule has 2 aromatic heterocycles. The van der Waals surface area contributed by atoms with Gasteiger partial charge in [-0.15, -0.1) is 0 Å². The third-order valence-electron chi connectivity index (χ3n) is 19.6. The van der Waals surface area contributed by atoms with Crippen LogP contribution in [0.2, 0.25) is 0 Å². The fourth-order valence-electron chi connectivity index (χ4n) is 14.5. The van der Waals surface area contributed by atoms with Gasteiger partial charge in [0, 0.05) is 49.7 Å². The molecule has 74 heavy (non-hydrogen) atoms. The van der Waals surface area contributed by atoms with Crippen LogP contribution in [0.4, 0.5) is 11.4 Å². The fourth-order valence-corrected chi connectivity index (χ4v) is 14.5. The van der Waals surface area contributed by atoms with Crippen molar-refractivity contribution in [2.45, 2.75) is 154 Å². The van der Waals surface area contributed by atoms with E-state index >= 15 is 0 Å². The van der Waals surface area contributed by atoms with Crippen LogP contribution in [0, 0.1) is 0 Å². The van der Waals surface area contributed by atoms with E-state index in [4.69, 9.17) is 4.42 Å². The molecule has 0 saturated carbocycles. The topological polar surface area (TPSA) is 30.1 Å². The minimum Gasteiger partial charge on any atom is -0.456 e. The average Bonchev–Trinajstić information content (AvgIpc) is 3.99. The zero-order chi connectivity index (χ0) is 51.2. The van der Waals surface area contributed by atoms with Crippen LogP contribution in [0.3, 0.4) is 0 Å². The number of furan rings is 1. The molecule has 3 nitrogen and oxygen atoms in total. The predicted octanol–water partition coefficient (Wildman–Crippen LogP) is 17.9. The Kier molecular flexibility index (Phi) is 9.39. The molecule has 1 N–H and O–H groups in total. The van der Waals surface area contributed by atoms with Crippen molar-refractivity contribution in [1.82, 2.24) is 4.57 Å².